The first-order valence-electron chi connectivity index (χ1n) is 8.62. The number of carboxylic acid groups (broad SMARTS) is 1. The number of fused-ring (bicyclic) bond motifs is 1. The third-order valence-electron chi connectivity index (χ3n) is 3.86. The van der Waals surface area contributed by atoms with Crippen molar-refractivity contribution in [2.24, 2.45) is 0 Å². The second kappa shape index (κ2) is 9.57. The number of pyridine rings is 1. The predicted molar refractivity (Wildman–Crippen MR) is 107 cm³/mol. The van der Waals surface area contributed by atoms with Gasteiger partial charge in [0.05, 0.1) is 12.1 Å². The molecule has 11 heteroatoms. The Morgan fingerprint density at radius 2 is 1.93 bits per heavy atom. The van der Waals surface area contributed by atoms with Gasteiger partial charge in [-0.2, -0.15) is 18.3 Å². The van der Waals surface area contributed by atoms with E-state index in [2.05, 4.69) is 15.4 Å². The zero-order chi connectivity index (χ0) is 22.5. The Kier molecular flexibility index (Phi) is 7.38. The molecule has 0 saturated heterocycles. The van der Waals surface area contributed by atoms with Crippen molar-refractivity contribution >= 4 is 34.2 Å². The van der Waals surface area contributed by atoms with Gasteiger partial charge in [-0.05, 0) is 43.7 Å². The molecule has 0 aliphatic heterocycles. The lowest BCUT2D eigenvalue weighted by atomic mass is 10.1. The number of hydrogen-bond acceptors (Lipinski definition) is 5. The molecule has 0 aliphatic carbocycles. The maximum Gasteiger partial charge on any atom is 0.490 e. The van der Waals surface area contributed by atoms with Gasteiger partial charge in [0, 0.05) is 40.6 Å². The van der Waals surface area contributed by atoms with E-state index < -0.39 is 12.1 Å². The van der Waals surface area contributed by atoms with Gasteiger partial charge < -0.3 is 10.4 Å². The average molecular weight is 443 g/mol. The maximum atomic E-state index is 11.7. The molecule has 0 saturated carbocycles. The zero-order valence-corrected chi connectivity index (χ0v) is 16.8. The fourth-order valence-electron chi connectivity index (χ4n) is 2.58. The minimum Gasteiger partial charge on any atom is -0.475 e. The number of anilines is 1. The number of nitrogens with one attached hydrogen (secondary N) is 1. The molecule has 0 radical (unpaired) electrons. The van der Waals surface area contributed by atoms with Crippen LogP contribution in [0.1, 0.15) is 11.3 Å². The van der Waals surface area contributed by atoms with Gasteiger partial charge in [-0.1, -0.05) is 11.6 Å². The van der Waals surface area contributed by atoms with E-state index in [1.165, 1.54) is 10.7 Å². The van der Waals surface area contributed by atoms with Crippen LogP contribution < -0.4 is 10.9 Å². The topological polar surface area (TPSA) is 97.1 Å². The van der Waals surface area contributed by atoms with Crippen LogP contribution in [0.25, 0.3) is 10.9 Å². The molecule has 3 rings (SSSR count). The van der Waals surface area contributed by atoms with E-state index in [0.29, 0.717) is 18.1 Å². The molecule has 0 amide bonds. The summed E-state index contributed by atoms with van der Waals surface area (Å²) in [5, 5.41) is 16.2. The second-order valence-electron chi connectivity index (χ2n) is 6.24. The third-order valence-corrected chi connectivity index (χ3v) is 4.08. The van der Waals surface area contributed by atoms with Crippen molar-refractivity contribution in [2.75, 3.05) is 11.9 Å². The highest BCUT2D eigenvalue weighted by Crippen LogP contribution is 2.28. The smallest absolute Gasteiger partial charge is 0.475 e. The molecular weight excluding hydrogens is 425 g/mol. The average Bonchev–Trinajstić information content (AvgIpc) is 2.64. The fourth-order valence-corrected chi connectivity index (χ4v) is 2.86. The second-order valence-corrected chi connectivity index (χ2v) is 6.68. The van der Waals surface area contributed by atoms with E-state index in [1.54, 1.807) is 12.3 Å². The lowest BCUT2D eigenvalue weighted by molar-refractivity contribution is -0.192. The van der Waals surface area contributed by atoms with Gasteiger partial charge in [0.25, 0.3) is 5.56 Å². The summed E-state index contributed by atoms with van der Waals surface area (Å²) in [6, 6.07) is 8.94. The molecule has 0 unspecified atom stereocenters. The molecule has 30 heavy (non-hydrogen) atoms. The number of halogens is 4. The van der Waals surface area contributed by atoms with Crippen LogP contribution in [0, 0.1) is 13.8 Å². The highest BCUT2D eigenvalue weighted by Gasteiger charge is 2.38. The monoisotopic (exact) mass is 442 g/mol. The number of rotatable bonds is 4. The molecular formula is C19H18ClF3N4O3. The largest absolute Gasteiger partial charge is 0.490 e. The van der Waals surface area contributed by atoms with Crippen molar-refractivity contribution in [3.8, 4) is 0 Å². The summed E-state index contributed by atoms with van der Waals surface area (Å²) in [6.45, 7) is 5.03. The Balaban J connectivity index is 0.000000396. The van der Waals surface area contributed by atoms with Crippen LogP contribution in [0.3, 0.4) is 0 Å². The lowest BCUT2D eigenvalue weighted by Gasteiger charge is -2.13. The number of aliphatic carboxylic acids is 1. The molecule has 2 aromatic heterocycles. The number of benzene rings is 1. The van der Waals surface area contributed by atoms with Crippen molar-refractivity contribution in [2.45, 2.75) is 26.6 Å². The molecule has 7 nitrogen and oxygen atoms in total. The van der Waals surface area contributed by atoms with E-state index in [9.17, 15) is 18.0 Å². The van der Waals surface area contributed by atoms with Crippen molar-refractivity contribution < 1.29 is 23.1 Å². The van der Waals surface area contributed by atoms with Gasteiger partial charge >= 0.3 is 12.1 Å². The summed E-state index contributed by atoms with van der Waals surface area (Å²) in [6.07, 6.45) is -3.48. The maximum absolute atomic E-state index is 11.7. The summed E-state index contributed by atoms with van der Waals surface area (Å²) in [5.74, 6) is -2.76. The summed E-state index contributed by atoms with van der Waals surface area (Å²) in [7, 11) is 0. The van der Waals surface area contributed by atoms with Crippen LogP contribution in [0.5, 0.6) is 0 Å². The zero-order valence-electron chi connectivity index (χ0n) is 16.0. The Labute approximate surface area is 174 Å². The normalized spacial score (nSPS) is 11.0. The molecule has 0 aliphatic rings. The van der Waals surface area contributed by atoms with Crippen LogP contribution in [-0.4, -0.2) is 38.6 Å². The predicted octanol–water partition coefficient (Wildman–Crippen LogP) is 3.81. The SMILES string of the molecule is Cc1cc(NCCn2ncccc2=O)c2cc(Cl)cc(C)c2n1.O=C(O)C(F)(F)F. The molecule has 1 aromatic carbocycles. The number of aromatic nitrogens is 3. The molecule has 2 N–H and O–H groups in total. The van der Waals surface area contributed by atoms with Crippen molar-refractivity contribution in [1.82, 2.24) is 14.8 Å². The minimum absolute atomic E-state index is 0.107. The van der Waals surface area contributed by atoms with Crippen LogP contribution in [-0.2, 0) is 11.3 Å². The van der Waals surface area contributed by atoms with Crippen molar-refractivity contribution in [3.63, 3.8) is 0 Å². The van der Waals surface area contributed by atoms with Gasteiger partial charge in [0.2, 0.25) is 0 Å². The van der Waals surface area contributed by atoms with Gasteiger partial charge in [-0.3, -0.25) is 9.78 Å². The minimum atomic E-state index is -5.08. The molecule has 160 valence electrons. The van der Waals surface area contributed by atoms with Crippen LogP contribution in [0.2, 0.25) is 5.02 Å². The molecule has 3 aromatic rings. The molecule has 0 fully saturated rings. The number of nitrogens with zero attached hydrogens (tertiary/aromatic N) is 3. The van der Waals surface area contributed by atoms with Crippen molar-refractivity contribution in [1.29, 1.82) is 0 Å². The first kappa shape index (κ1) is 23.1. The number of alkyl halides is 3. The van der Waals surface area contributed by atoms with Crippen LogP contribution in [0.15, 0.2) is 41.3 Å². The highest BCUT2D eigenvalue weighted by atomic mass is 35.5. The first-order valence-corrected chi connectivity index (χ1v) is 9.00. The van der Waals surface area contributed by atoms with Crippen LogP contribution in [0.4, 0.5) is 18.9 Å². The van der Waals surface area contributed by atoms with Gasteiger partial charge in [0.1, 0.15) is 0 Å². The quantitative estimate of drug-likeness (QED) is 0.637. The molecule has 2 heterocycles. The summed E-state index contributed by atoms with van der Waals surface area (Å²) >= 11 is 6.18. The van der Waals surface area contributed by atoms with Gasteiger partial charge in [0.15, 0.2) is 0 Å². The van der Waals surface area contributed by atoms with E-state index in [4.69, 9.17) is 21.5 Å². The van der Waals surface area contributed by atoms with E-state index in [-0.39, 0.29) is 5.56 Å². The van der Waals surface area contributed by atoms with Gasteiger partial charge in [-0.15, -0.1) is 0 Å². The summed E-state index contributed by atoms with van der Waals surface area (Å²) in [4.78, 5) is 25.1. The molecule has 0 spiro atoms. The molecule has 0 atom stereocenters. The number of hydrogen-bond donors (Lipinski definition) is 2. The van der Waals surface area contributed by atoms with E-state index in [0.717, 1.165) is 27.8 Å². The van der Waals surface area contributed by atoms with Crippen molar-refractivity contribution in [3.05, 3.63) is 63.2 Å². The Morgan fingerprint density at radius 3 is 2.53 bits per heavy atom. The van der Waals surface area contributed by atoms with E-state index >= 15 is 0 Å². The Bertz CT molecular complexity index is 1120. The summed E-state index contributed by atoms with van der Waals surface area (Å²) < 4.78 is 33.2. The third kappa shape index (κ3) is 6.18. The standard InChI is InChI=1S/C17H17ClN4O.C2HF3O2/c1-11-8-13(18)10-14-15(9-12(2)21-17(11)14)19-6-7-22-16(23)4-3-5-20-22;3-2(4,5)1(6)7/h3-5,8-10H,6-7H2,1-2H3,(H,19,21);(H,6,7). The number of carboxylic acids is 1. The number of aryl methyl sites for hydroxylation is 2. The summed E-state index contributed by atoms with van der Waals surface area (Å²) in [5.41, 5.74) is 3.76. The number of carbonyl (C=O) groups is 1. The van der Waals surface area contributed by atoms with Gasteiger partial charge in [-0.25, -0.2) is 9.48 Å². The Hall–Kier alpha value is -3.14. The fraction of sp³-hybridized carbons (Fsp3) is 0.263. The van der Waals surface area contributed by atoms with E-state index in [1.807, 2.05) is 32.0 Å². The first-order chi connectivity index (χ1) is 14.0. The lowest BCUT2D eigenvalue weighted by Crippen LogP contribution is -2.24. The highest BCUT2D eigenvalue weighted by molar-refractivity contribution is 6.31. The van der Waals surface area contributed by atoms with Crippen LogP contribution >= 0.6 is 11.6 Å². The molecule has 0 bridgehead atoms. The Morgan fingerprint density at radius 1 is 1.27 bits per heavy atom.